The van der Waals surface area contributed by atoms with E-state index >= 15 is 0 Å². The molecule has 0 fully saturated rings. The van der Waals surface area contributed by atoms with Crippen molar-refractivity contribution < 1.29 is 0 Å². The molecule has 0 radical (unpaired) electrons. The van der Waals surface area contributed by atoms with Crippen LogP contribution in [0.4, 0.5) is 0 Å². The highest BCUT2D eigenvalue weighted by atomic mass is 35.5. The molecule has 0 bridgehead atoms. The van der Waals surface area contributed by atoms with Crippen LogP contribution in [-0.2, 0) is 6.42 Å². The third-order valence-electron chi connectivity index (χ3n) is 3.07. The Kier molecular flexibility index (Phi) is 5.95. The lowest BCUT2D eigenvalue weighted by Crippen LogP contribution is -2.21. The van der Waals surface area contributed by atoms with Gasteiger partial charge in [0.15, 0.2) is 0 Å². The molecule has 0 aliphatic heterocycles. The largest absolute Gasteiger partial charge is 0.308 e. The summed E-state index contributed by atoms with van der Waals surface area (Å²) in [6, 6.07) is 8.23. The summed E-state index contributed by atoms with van der Waals surface area (Å²) in [6.45, 7) is 5.36. The Bertz CT molecular complexity index is 541. The molecule has 5 heteroatoms. The number of nitrogens with zero attached hydrogens (tertiary/aromatic N) is 2. The van der Waals surface area contributed by atoms with Gasteiger partial charge in [0.25, 0.3) is 0 Å². The van der Waals surface area contributed by atoms with Crippen molar-refractivity contribution in [2.75, 3.05) is 6.54 Å². The Balaban J connectivity index is 2.04. The molecule has 1 unspecified atom stereocenters. The summed E-state index contributed by atoms with van der Waals surface area (Å²) < 4.78 is 0. The van der Waals surface area contributed by atoms with E-state index in [9.17, 15) is 0 Å². The summed E-state index contributed by atoms with van der Waals surface area (Å²) in [6.07, 6.45) is 2.96. The van der Waals surface area contributed by atoms with Gasteiger partial charge in [0.1, 0.15) is 10.0 Å². The molecule has 3 nitrogen and oxygen atoms in total. The summed E-state index contributed by atoms with van der Waals surface area (Å²) in [7, 11) is 0. The van der Waals surface area contributed by atoms with Gasteiger partial charge in [0, 0.05) is 11.4 Å². The second kappa shape index (κ2) is 7.72. The van der Waals surface area contributed by atoms with E-state index in [1.807, 2.05) is 18.2 Å². The minimum absolute atomic E-state index is 0.320. The van der Waals surface area contributed by atoms with Gasteiger partial charge in [-0.3, -0.25) is 0 Å². The number of hydrogen-bond acceptors (Lipinski definition) is 4. The van der Waals surface area contributed by atoms with Crippen LogP contribution in [0.2, 0.25) is 5.02 Å². The van der Waals surface area contributed by atoms with Gasteiger partial charge in [0.05, 0.1) is 6.04 Å². The maximum Gasteiger partial charge on any atom is 0.134 e. The molecule has 20 heavy (non-hydrogen) atoms. The Labute approximate surface area is 129 Å². The summed E-state index contributed by atoms with van der Waals surface area (Å²) in [4.78, 5) is 0. The molecule has 0 aliphatic carbocycles. The van der Waals surface area contributed by atoms with Gasteiger partial charge in [-0.1, -0.05) is 48.9 Å². The minimum atomic E-state index is 0.320. The normalized spacial score (nSPS) is 12.6. The number of nitrogens with one attached hydrogen (secondary N) is 1. The van der Waals surface area contributed by atoms with Gasteiger partial charge in [-0.15, -0.1) is 10.2 Å². The molecule has 1 N–H and O–H groups in total. The highest BCUT2D eigenvalue weighted by Gasteiger charge is 2.14. The molecule has 0 aliphatic rings. The van der Waals surface area contributed by atoms with E-state index in [0.717, 1.165) is 40.8 Å². The van der Waals surface area contributed by atoms with Crippen LogP contribution in [0.3, 0.4) is 0 Å². The highest BCUT2D eigenvalue weighted by Crippen LogP contribution is 2.23. The highest BCUT2D eigenvalue weighted by molar-refractivity contribution is 7.11. The van der Waals surface area contributed by atoms with Gasteiger partial charge >= 0.3 is 0 Å². The standard InChI is InChI=1S/C15H20ClN3S/c1-3-8-17-13(4-2)15-19-18-14(20-15)10-11-6-5-7-12(16)9-11/h5-7,9,13,17H,3-4,8,10H2,1-2H3. The molecule has 0 spiro atoms. The van der Waals surface area contributed by atoms with Crippen LogP contribution in [0.5, 0.6) is 0 Å². The fraction of sp³-hybridized carbons (Fsp3) is 0.467. The van der Waals surface area contributed by atoms with E-state index in [-0.39, 0.29) is 0 Å². The van der Waals surface area contributed by atoms with Crippen molar-refractivity contribution in [2.24, 2.45) is 0 Å². The van der Waals surface area contributed by atoms with Crippen molar-refractivity contribution in [1.29, 1.82) is 0 Å². The van der Waals surface area contributed by atoms with E-state index < -0.39 is 0 Å². The monoisotopic (exact) mass is 309 g/mol. The summed E-state index contributed by atoms with van der Waals surface area (Å²) in [5.41, 5.74) is 1.18. The quantitative estimate of drug-likeness (QED) is 0.831. The van der Waals surface area contributed by atoms with Gasteiger partial charge < -0.3 is 5.32 Å². The topological polar surface area (TPSA) is 37.8 Å². The Morgan fingerprint density at radius 1 is 1.30 bits per heavy atom. The second-order valence-electron chi connectivity index (χ2n) is 4.76. The van der Waals surface area contributed by atoms with Crippen LogP contribution in [-0.4, -0.2) is 16.7 Å². The molecule has 0 amide bonds. The van der Waals surface area contributed by atoms with Gasteiger partial charge in [-0.05, 0) is 37.1 Å². The zero-order valence-corrected chi connectivity index (χ0v) is 13.5. The number of rotatable bonds is 7. The molecule has 2 rings (SSSR count). The first kappa shape index (κ1) is 15.4. The molecule has 1 heterocycles. The van der Waals surface area contributed by atoms with Crippen LogP contribution in [0, 0.1) is 0 Å². The van der Waals surface area contributed by atoms with Gasteiger partial charge in [-0.25, -0.2) is 0 Å². The van der Waals surface area contributed by atoms with Crippen molar-refractivity contribution >= 4 is 22.9 Å². The van der Waals surface area contributed by atoms with E-state index in [1.54, 1.807) is 11.3 Å². The predicted molar refractivity (Wildman–Crippen MR) is 85.5 cm³/mol. The van der Waals surface area contributed by atoms with E-state index in [4.69, 9.17) is 11.6 Å². The van der Waals surface area contributed by atoms with Gasteiger partial charge in [0.2, 0.25) is 0 Å². The second-order valence-corrected chi connectivity index (χ2v) is 6.29. The first-order valence-electron chi connectivity index (χ1n) is 7.03. The lowest BCUT2D eigenvalue weighted by molar-refractivity contribution is 0.513. The summed E-state index contributed by atoms with van der Waals surface area (Å²) in [5, 5.41) is 15.0. The molecule has 0 saturated heterocycles. The number of aromatic nitrogens is 2. The molecule has 1 aromatic carbocycles. The first-order chi connectivity index (χ1) is 9.72. The SMILES string of the molecule is CCCNC(CC)c1nnc(Cc2cccc(Cl)c2)s1. The number of hydrogen-bond donors (Lipinski definition) is 1. The Morgan fingerprint density at radius 2 is 2.15 bits per heavy atom. The molecule has 0 saturated carbocycles. The van der Waals surface area contributed by atoms with Gasteiger partial charge in [-0.2, -0.15) is 0 Å². The fourth-order valence-electron chi connectivity index (χ4n) is 2.03. The molecular formula is C15H20ClN3S. The molecule has 2 aromatic rings. The van der Waals surface area contributed by atoms with Crippen LogP contribution in [0.15, 0.2) is 24.3 Å². The zero-order valence-electron chi connectivity index (χ0n) is 11.9. The van der Waals surface area contributed by atoms with E-state index in [2.05, 4.69) is 35.4 Å². The van der Waals surface area contributed by atoms with Crippen molar-refractivity contribution in [3.05, 3.63) is 44.9 Å². The Morgan fingerprint density at radius 3 is 2.85 bits per heavy atom. The van der Waals surface area contributed by atoms with Crippen molar-refractivity contribution in [2.45, 2.75) is 39.2 Å². The molecule has 1 aromatic heterocycles. The number of benzene rings is 1. The van der Waals surface area contributed by atoms with Crippen molar-refractivity contribution in [3.63, 3.8) is 0 Å². The van der Waals surface area contributed by atoms with Crippen molar-refractivity contribution in [1.82, 2.24) is 15.5 Å². The molecule has 108 valence electrons. The smallest absolute Gasteiger partial charge is 0.134 e. The van der Waals surface area contributed by atoms with Crippen LogP contribution < -0.4 is 5.32 Å². The lowest BCUT2D eigenvalue weighted by Gasteiger charge is -2.12. The predicted octanol–water partition coefficient (Wildman–Crippen LogP) is 4.23. The third-order valence-corrected chi connectivity index (χ3v) is 4.35. The zero-order chi connectivity index (χ0) is 14.4. The van der Waals surface area contributed by atoms with Crippen LogP contribution in [0.1, 0.15) is 48.3 Å². The number of halogens is 1. The van der Waals surface area contributed by atoms with E-state index in [1.165, 1.54) is 5.56 Å². The van der Waals surface area contributed by atoms with E-state index in [0.29, 0.717) is 6.04 Å². The maximum absolute atomic E-state index is 6.00. The van der Waals surface area contributed by atoms with Crippen LogP contribution in [0.25, 0.3) is 0 Å². The first-order valence-corrected chi connectivity index (χ1v) is 8.22. The fourth-order valence-corrected chi connectivity index (χ4v) is 3.27. The Hall–Kier alpha value is -0.970. The summed E-state index contributed by atoms with van der Waals surface area (Å²) >= 11 is 7.69. The molecule has 1 atom stereocenters. The average molecular weight is 310 g/mol. The lowest BCUT2D eigenvalue weighted by atomic mass is 10.2. The minimum Gasteiger partial charge on any atom is -0.308 e. The van der Waals surface area contributed by atoms with Crippen LogP contribution >= 0.6 is 22.9 Å². The summed E-state index contributed by atoms with van der Waals surface area (Å²) in [5.74, 6) is 0. The van der Waals surface area contributed by atoms with Crippen molar-refractivity contribution in [3.8, 4) is 0 Å². The molecular weight excluding hydrogens is 290 g/mol. The third kappa shape index (κ3) is 4.27. The average Bonchev–Trinajstić information content (AvgIpc) is 2.88. The maximum atomic E-state index is 6.00.